The van der Waals surface area contributed by atoms with Crippen molar-refractivity contribution >= 4 is 28.1 Å². The van der Waals surface area contributed by atoms with Crippen molar-refractivity contribution in [1.29, 1.82) is 0 Å². The van der Waals surface area contributed by atoms with Gasteiger partial charge in [-0.25, -0.2) is 4.98 Å². The van der Waals surface area contributed by atoms with Crippen molar-refractivity contribution in [2.24, 2.45) is 28.6 Å². The molecule has 3 aromatic rings. The summed E-state index contributed by atoms with van der Waals surface area (Å²) < 4.78 is 8.74. The Labute approximate surface area is 212 Å². The molecule has 182 valence electrons. The number of hydrogen-bond donors (Lipinski definition) is 0. The molecule has 4 aliphatic rings. The van der Waals surface area contributed by atoms with Crippen LogP contribution in [0, 0.1) is 28.6 Å². The van der Waals surface area contributed by atoms with E-state index < -0.39 is 0 Å². The molecule has 1 unspecified atom stereocenters. The van der Waals surface area contributed by atoms with Crippen LogP contribution in [0.5, 0.6) is 0 Å². The zero-order chi connectivity index (χ0) is 23.6. The highest BCUT2D eigenvalue weighted by Gasteiger charge is 2.57. The average molecular weight is 486 g/mol. The van der Waals surface area contributed by atoms with Crippen LogP contribution in [0.1, 0.15) is 63.7 Å². The number of para-hydroxylation sites is 2. The lowest BCUT2D eigenvalue weighted by Gasteiger charge is -2.57. The third-order valence-corrected chi connectivity index (χ3v) is 11.0. The van der Waals surface area contributed by atoms with Crippen molar-refractivity contribution in [3.8, 4) is 0 Å². The lowest BCUT2D eigenvalue weighted by molar-refractivity contribution is -0.0424. The Kier molecular flexibility index (Phi) is 5.12. The SMILES string of the molecule is C[C@]12CCC(OCc3cncs3)CC1=CC[C@@H]1[C@@H]2CC[C@]2(C)C(n3cnc4ccccc43)=CC[C@@H]12. The second kappa shape index (κ2) is 8.14. The predicted molar refractivity (Wildman–Crippen MR) is 142 cm³/mol. The molecule has 6 atom stereocenters. The Hall–Kier alpha value is -2.24. The van der Waals surface area contributed by atoms with E-state index in [9.17, 15) is 0 Å². The Balaban J connectivity index is 1.12. The fraction of sp³-hybridized carbons (Fsp3) is 0.533. The number of imidazole rings is 1. The molecule has 0 N–H and O–H groups in total. The summed E-state index contributed by atoms with van der Waals surface area (Å²) in [7, 11) is 0. The zero-order valence-electron chi connectivity index (χ0n) is 20.8. The molecule has 35 heavy (non-hydrogen) atoms. The quantitative estimate of drug-likeness (QED) is 0.359. The molecule has 5 heteroatoms. The second-order valence-electron chi connectivity index (χ2n) is 11.8. The molecule has 1 aromatic carbocycles. The maximum absolute atomic E-state index is 6.35. The monoisotopic (exact) mass is 485 g/mol. The van der Waals surface area contributed by atoms with Crippen molar-refractivity contribution in [3.05, 3.63) is 64.9 Å². The van der Waals surface area contributed by atoms with Gasteiger partial charge in [-0.1, -0.05) is 43.7 Å². The molecule has 0 radical (unpaired) electrons. The van der Waals surface area contributed by atoms with Gasteiger partial charge in [-0.2, -0.15) is 0 Å². The maximum Gasteiger partial charge on any atom is 0.100 e. The van der Waals surface area contributed by atoms with Crippen LogP contribution in [0.15, 0.2) is 60.0 Å². The summed E-state index contributed by atoms with van der Waals surface area (Å²) in [4.78, 5) is 10.1. The summed E-state index contributed by atoms with van der Waals surface area (Å²) in [6.45, 7) is 5.85. The first-order valence-electron chi connectivity index (χ1n) is 13.4. The minimum absolute atomic E-state index is 0.237. The molecule has 4 aliphatic carbocycles. The normalized spacial score (nSPS) is 36.3. The second-order valence-corrected chi connectivity index (χ2v) is 12.8. The van der Waals surface area contributed by atoms with Crippen LogP contribution >= 0.6 is 11.3 Å². The molecule has 4 nitrogen and oxygen atoms in total. The van der Waals surface area contributed by atoms with E-state index in [-0.39, 0.29) is 5.41 Å². The van der Waals surface area contributed by atoms with E-state index in [1.165, 1.54) is 54.6 Å². The highest BCUT2D eigenvalue weighted by Crippen LogP contribution is 2.65. The minimum Gasteiger partial charge on any atom is -0.372 e. The van der Waals surface area contributed by atoms with Gasteiger partial charge in [0.1, 0.15) is 6.33 Å². The van der Waals surface area contributed by atoms with Gasteiger partial charge in [0, 0.05) is 17.3 Å². The molecule has 2 saturated carbocycles. The number of allylic oxidation sites excluding steroid dienone is 3. The van der Waals surface area contributed by atoms with Gasteiger partial charge >= 0.3 is 0 Å². The summed E-state index contributed by atoms with van der Waals surface area (Å²) in [6, 6.07) is 8.57. The highest BCUT2D eigenvalue weighted by molar-refractivity contribution is 7.09. The molecule has 0 bridgehead atoms. The van der Waals surface area contributed by atoms with E-state index in [4.69, 9.17) is 9.72 Å². The molecular formula is C30H35N3OS. The number of hydrogen-bond acceptors (Lipinski definition) is 4. The molecule has 2 fully saturated rings. The molecule has 7 rings (SSSR count). The average Bonchev–Trinajstić information content (AvgIpc) is 3.61. The van der Waals surface area contributed by atoms with Gasteiger partial charge in [0.25, 0.3) is 0 Å². The van der Waals surface area contributed by atoms with Gasteiger partial charge in [0.15, 0.2) is 0 Å². The number of nitrogens with zero attached hydrogens (tertiary/aromatic N) is 3. The van der Waals surface area contributed by atoms with Crippen LogP contribution in [0.4, 0.5) is 0 Å². The Bertz CT molecular complexity index is 1310. The predicted octanol–water partition coefficient (Wildman–Crippen LogP) is 7.49. The van der Waals surface area contributed by atoms with Gasteiger partial charge in [-0.15, -0.1) is 11.3 Å². The summed E-state index contributed by atoms with van der Waals surface area (Å²) >= 11 is 1.70. The first-order valence-corrected chi connectivity index (χ1v) is 14.3. The summed E-state index contributed by atoms with van der Waals surface area (Å²) in [5, 5.41) is 0. The van der Waals surface area contributed by atoms with Crippen LogP contribution in [0.2, 0.25) is 0 Å². The fourth-order valence-corrected chi connectivity index (χ4v) is 8.87. The van der Waals surface area contributed by atoms with Gasteiger partial charge < -0.3 is 9.30 Å². The first kappa shape index (κ1) is 22.0. The van der Waals surface area contributed by atoms with E-state index >= 15 is 0 Å². The standard InChI is InChI=1S/C30H35N3OS/c1-29-13-11-21(34-17-22-16-31-19-35-22)15-20(29)7-8-23-24-9-10-28(30(24,2)14-12-25(23)29)33-18-32-26-5-3-4-6-27(26)33/h3-7,10,16,18-19,21,23-25H,8-9,11-15,17H2,1-2H3/t21?,23-,24-,25-,29-,30-/m0/s1. The van der Waals surface area contributed by atoms with Crippen LogP contribution in [-0.2, 0) is 11.3 Å². The van der Waals surface area contributed by atoms with Gasteiger partial charge in [0.05, 0.1) is 34.1 Å². The minimum atomic E-state index is 0.237. The molecule has 0 saturated heterocycles. The topological polar surface area (TPSA) is 39.9 Å². The first-order chi connectivity index (χ1) is 17.1. The van der Waals surface area contributed by atoms with Crippen molar-refractivity contribution in [2.75, 3.05) is 0 Å². The maximum atomic E-state index is 6.35. The van der Waals surface area contributed by atoms with Gasteiger partial charge in [0.2, 0.25) is 0 Å². The van der Waals surface area contributed by atoms with Crippen LogP contribution in [-0.4, -0.2) is 20.6 Å². The van der Waals surface area contributed by atoms with Gasteiger partial charge in [-0.3, -0.25) is 4.98 Å². The number of rotatable bonds is 4. The molecule has 2 aromatic heterocycles. The number of fused-ring (bicyclic) bond motifs is 6. The number of thiazole rings is 1. The summed E-state index contributed by atoms with van der Waals surface area (Å²) in [5.41, 5.74) is 8.01. The molecule has 0 aliphatic heterocycles. The number of aromatic nitrogens is 3. The Morgan fingerprint density at radius 3 is 2.83 bits per heavy atom. The number of benzene rings is 1. The molecule has 2 heterocycles. The fourth-order valence-electron chi connectivity index (χ4n) is 8.35. The molecule has 0 spiro atoms. The van der Waals surface area contributed by atoms with Crippen molar-refractivity contribution in [3.63, 3.8) is 0 Å². The van der Waals surface area contributed by atoms with E-state index in [0.717, 1.165) is 29.7 Å². The van der Waals surface area contributed by atoms with Crippen LogP contribution in [0.25, 0.3) is 16.7 Å². The van der Waals surface area contributed by atoms with E-state index in [2.05, 4.69) is 66.1 Å². The van der Waals surface area contributed by atoms with Crippen molar-refractivity contribution in [2.45, 2.75) is 71.5 Å². The lowest BCUT2D eigenvalue weighted by Crippen LogP contribution is -2.50. The summed E-state index contributed by atoms with van der Waals surface area (Å²) in [6.07, 6.45) is 18.2. The third-order valence-electron chi connectivity index (χ3n) is 10.3. The van der Waals surface area contributed by atoms with Gasteiger partial charge in [-0.05, 0) is 80.2 Å². The lowest BCUT2D eigenvalue weighted by atomic mass is 9.47. The Morgan fingerprint density at radius 2 is 1.94 bits per heavy atom. The third kappa shape index (κ3) is 3.34. The van der Waals surface area contributed by atoms with Crippen molar-refractivity contribution in [1.82, 2.24) is 14.5 Å². The molecular weight excluding hydrogens is 450 g/mol. The largest absolute Gasteiger partial charge is 0.372 e. The zero-order valence-corrected chi connectivity index (χ0v) is 21.6. The van der Waals surface area contributed by atoms with Crippen LogP contribution in [0.3, 0.4) is 0 Å². The highest BCUT2D eigenvalue weighted by atomic mass is 32.1. The van der Waals surface area contributed by atoms with E-state index in [1.807, 2.05) is 11.7 Å². The van der Waals surface area contributed by atoms with E-state index in [1.54, 1.807) is 16.9 Å². The summed E-state index contributed by atoms with van der Waals surface area (Å²) in [5.74, 6) is 2.31. The van der Waals surface area contributed by atoms with Crippen LogP contribution < -0.4 is 0 Å². The number of ether oxygens (including phenoxy) is 1. The smallest absolute Gasteiger partial charge is 0.100 e. The Morgan fingerprint density at radius 1 is 1.06 bits per heavy atom. The van der Waals surface area contributed by atoms with Crippen molar-refractivity contribution < 1.29 is 4.74 Å². The van der Waals surface area contributed by atoms with E-state index in [0.29, 0.717) is 18.1 Å². The molecule has 0 amide bonds.